The van der Waals surface area contributed by atoms with Gasteiger partial charge in [0.15, 0.2) is 0 Å². The molecule has 2 aromatic heterocycles. The highest BCUT2D eigenvalue weighted by molar-refractivity contribution is 5.33. The zero-order chi connectivity index (χ0) is 13.8. The second-order valence-electron chi connectivity index (χ2n) is 4.98. The van der Waals surface area contributed by atoms with E-state index in [9.17, 15) is 4.79 Å². The quantitative estimate of drug-likeness (QED) is 0.892. The lowest BCUT2D eigenvalue weighted by atomic mass is 10.2. The van der Waals surface area contributed by atoms with Crippen LogP contribution in [0.1, 0.15) is 32.0 Å². The van der Waals surface area contributed by atoms with Crippen LogP contribution in [-0.4, -0.2) is 14.1 Å². The molecule has 0 bridgehead atoms. The summed E-state index contributed by atoms with van der Waals surface area (Å²) in [4.78, 5) is 16.0. The molecule has 0 saturated carbocycles. The summed E-state index contributed by atoms with van der Waals surface area (Å²) in [6.07, 6.45) is 6.37. The summed E-state index contributed by atoms with van der Waals surface area (Å²) < 4.78 is 3.79. The Morgan fingerprint density at radius 2 is 2.00 bits per heavy atom. The second-order valence-corrected chi connectivity index (χ2v) is 4.98. The zero-order valence-corrected chi connectivity index (χ0v) is 11.4. The number of rotatable bonds is 5. The number of nitrogens with two attached hydrogens (primary N) is 1. The molecule has 2 heterocycles. The number of nitrogen functional groups attached to an aromatic ring is 1. The van der Waals surface area contributed by atoms with Crippen molar-refractivity contribution in [3.63, 3.8) is 0 Å². The number of hydrogen-bond donors (Lipinski definition) is 1. The van der Waals surface area contributed by atoms with E-state index in [2.05, 4.69) is 23.4 Å². The van der Waals surface area contributed by atoms with Crippen LogP contribution in [-0.2, 0) is 13.1 Å². The Kier molecular flexibility index (Phi) is 4.04. The molecule has 0 aromatic carbocycles. The van der Waals surface area contributed by atoms with Crippen molar-refractivity contribution in [2.24, 2.45) is 0 Å². The van der Waals surface area contributed by atoms with Gasteiger partial charge in [-0.15, -0.1) is 0 Å². The van der Waals surface area contributed by atoms with Crippen molar-refractivity contribution in [2.45, 2.75) is 39.3 Å². The van der Waals surface area contributed by atoms with Gasteiger partial charge in [-0.2, -0.15) is 0 Å². The van der Waals surface area contributed by atoms with Crippen molar-refractivity contribution < 1.29 is 0 Å². The summed E-state index contributed by atoms with van der Waals surface area (Å²) in [5.41, 5.74) is 6.29. The fourth-order valence-corrected chi connectivity index (χ4v) is 2.15. The van der Waals surface area contributed by atoms with Crippen LogP contribution < -0.4 is 11.3 Å². The van der Waals surface area contributed by atoms with Crippen LogP contribution in [0.4, 0.5) is 5.69 Å². The first kappa shape index (κ1) is 13.4. The van der Waals surface area contributed by atoms with Crippen LogP contribution in [0.15, 0.2) is 35.5 Å². The molecular formula is C14H20N4O. The third kappa shape index (κ3) is 3.24. The standard InChI is InChI=1S/C14H20N4O/c1-11(2)14-16-6-9-17(14)7-3-8-18-10-12(15)4-5-13(18)19/h4-6,9-11H,3,7-8,15H2,1-2H3. The summed E-state index contributed by atoms with van der Waals surface area (Å²) in [7, 11) is 0. The maximum atomic E-state index is 11.6. The Morgan fingerprint density at radius 1 is 1.26 bits per heavy atom. The van der Waals surface area contributed by atoms with E-state index in [1.165, 1.54) is 6.07 Å². The minimum atomic E-state index is -0.0103. The van der Waals surface area contributed by atoms with Crippen molar-refractivity contribution in [1.82, 2.24) is 14.1 Å². The molecule has 0 atom stereocenters. The molecular weight excluding hydrogens is 240 g/mol. The number of imidazole rings is 1. The average Bonchev–Trinajstić information content (AvgIpc) is 2.82. The van der Waals surface area contributed by atoms with Gasteiger partial charge in [-0.3, -0.25) is 4.79 Å². The summed E-state index contributed by atoms with van der Waals surface area (Å²) in [5, 5.41) is 0. The van der Waals surface area contributed by atoms with E-state index in [-0.39, 0.29) is 5.56 Å². The molecule has 5 heteroatoms. The van der Waals surface area contributed by atoms with Gasteiger partial charge < -0.3 is 14.9 Å². The van der Waals surface area contributed by atoms with E-state index in [0.29, 0.717) is 18.2 Å². The molecule has 2 aromatic rings. The molecule has 0 fully saturated rings. The summed E-state index contributed by atoms with van der Waals surface area (Å²) in [5.74, 6) is 1.49. The van der Waals surface area contributed by atoms with Gasteiger partial charge in [0.25, 0.3) is 5.56 Å². The fraction of sp³-hybridized carbons (Fsp3) is 0.429. The maximum absolute atomic E-state index is 11.6. The van der Waals surface area contributed by atoms with E-state index in [1.54, 1.807) is 16.8 Å². The van der Waals surface area contributed by atoms with E-state index < -0.39 is 0 Å². The SMILES string of the molecule is CC(C)c1nccn1CCCn1cc(N)ccc1=O. The molecule has 0 aliphatic rings. The Labute approximate surface area is 112 Å². The molecule has 2 N–H and O–H groups in total. The van der Waals surface area contributed by atoms with Gasteiger partial charge in [0.05, 0.1) is 0 Å². The van der Waals surface area contributed by atoms with Crippen LogP contribution in [0.2, 0.25) is 0 Å². The molecule has 0 radical (unpaired) electrons. The van der Waals surface area contributed by atoms with Crippen LogP contribution in [0.3, 0.4) is 0 Å². The number of nitrogens with zero attached hydrogens (tertiary/aromatic N) is 3. The molecule has 0 saturated heterocycles. The van der Waals surface area contributed by atoms with Gasteiger partial charge in [0.2, 0.25) is 0 Å². The summed E-state index contributed by atoms with van der Waals surface area (Å²) in [6, 6.07) is 3.14. The van der Waals surface area contributed by atoms with Gasteiger partial charge in [0.1, 0.15) is 5.82 Å². The van der Waals surface area contributed by atoms with Crippen molar-refractivity contribution in [1.29, 1.82) is 0 Å². The van der Waals surface area contributed by atoms with Crippen molar-refractivity contribution in [3.05, 3.63) is 46.9 Å². The number of hydrogen-bond acceptors (Lipinski definition) is 3. The number of aryl methyl sites for hydroxylation is 2. The summed E-state index contributed by atoms with van der Waals surface area (Å²) >= 11 is 0. The Bertz CT molecular complexity index is 597. The normalized spacial score (nSPS) is 11.1. The number of anilines is 1. The third-order valence-electron chi connectivity index (χ3n) is 3.07. The lowest BCUT2D eigenvalue weighted by molar-refractivity contribution is 0.531. The van der Waals surface area contributed by atoms with Gasteiger partial charge in [-0.05, 0) is 12.5 Å². The maximum Gasteiger partial charge on any atom is 0.250 e. The Morgan fingerprint density at radius 3 is 2.74 bits per heavy atom. The van der Waals surface area contributed by atoms with E-state index >= 15 is 0 Å². The van der Waals surface area contributed by atoms with Crippen molar-refractivity contribution in [3.8, 4) is 0 Å². The monoisotopic (exact) mass is 260 g/mol. The Balaban J connectivity index is 1.98. The van der Waals surface area contributed by atoms with Crippen LogP contribution in [0, 0.1) is 0 Å². The predicted molar refractivity (Wildman–Crippen MR) is 76.0 cm³/mol. The first-order valence-electron chi connectivity index (χ1n) is 6.55. The van der Waals surface area contributed by atoms with Gasteiger partial charge >= 0.3 is 0 Å². The highest BCUT2D eigenvalue weighted by Crippen LogP contribution is 2.12. The van der Waals surface area contributed by atoms with E-state index in [1.807, 2.05) is 12.4 Å². The fourth-order valence-electron chi connectivity index (χ4n) is 2.15. The van der Waals surface area contributed by atoms with Crippen molar-refractivity contribution >= 4 is 5.69 Å². The van der Waals surface area contributed by atoms with E-state index in [0.717, 1.165) is 18.8 Å². The molecule has 0 unspecified atom stereocenters. The topological polar surface area (TPSA) is 65.8 Å². The van der Waals surface area contributed by atoms with E-state index in [4.69, 9.17) is 5.73 Å². The minimum Gasteiger partial charge on any atom is -0.398 e. The average molecular weight is 260 g/mol. The lowest BCUT2D eigenvalue weighted by Crippen LogP contribution is -2.20. The molecule has 0 amide bonds. The first-order chi connectivity index (χ1) is 9.08. The second kappa shape index (κ2) is 5.73. The van der Waals surface area contributed by atoms with Gasteiger partial charge in [-0.1, -0.05) is 13.8 Å². The summed E-state index contributed by atoms with van der Waals surface area (Å²) in [6.45, 7) is 5.77. The van der Waals surface area contributed by atoms with Crippen LogP contribution in [0.5, 0.6) is 0 Å². The van der Waals surface area contributed by atoms with Gasteiger partial charge in [-0.25, -0.2) is 4.98 Å². The lowest BCUT2D eigenvalue weighted by Gasteiger charge is -2.11. The smallest absolute Gasteiger partial charge is 0.250 e. The zero-order valence-electron chi connectivity index (χ0n) is 11.4. The molecule has 0 aliphatic carbocycles. The third-order valence-corrected chi connectivity index (χ3v) is 3.07. The molecule has 2 rings (SSSR count). The highest BCUT2D eigenvalue weighted by atomic mass is 16.1. The highest BCUT2D eigenvalue weighted by Gasteiger charge is 2.06. The predicted octanol–water partition coefficient (Wildman–Crippen LogP) is 1.84. The molecule has 0 spiro atoms. The number of aromatic nitrogens is 3. The Hall–Kier alpha value is -2.04. The minimum absolute atomic E-state index is 0.0103. The van der Waals surface area contributed by atoms with Gasteiger partial charge in [0, 0.05) is 49.4 Å². The van der Waals surface area contributed by atoms with Crippen LogP contribution in [0.25, 0.3) is 0 Å². The molecule has 5 nitrogen and oxygen atoms in total. The molecule has 0 aliphatic heterocycles. The molecule has 102 valence electrons. The first-order valence-corrected chi connectivity index (χ1v) is 6.55. The largest absolute Gasteiger partial charge is 0.398 e. The van der Waals surface area contributed by atoms with Crippen LogP contribution >= 0.6 is 0 Å². The number of pyridine rings is 1. The van der Waals surface area contributed by atoms with Crippen molar-refractivity contribution in [2.75, 3.05) is 5.73 Å². The molecule has 19 heavy (non-hydrogen) atoms.